The fourth-order valence-corrected chi connectivity index (χ4v) is 1.70. The van der Waals surface area contributed by atoms with Crippen molar-refractivity contribution >= 4 is 11.9 Å². The molecule has 0 spiro atoms. The van der Waals surface area contributed by atoms with Gasteiger partial charge in [-0.05, 0) is 37.1 Å². The number of ether oxygens (including phenoxy) is 2. The molecule has 1 unspecified atom stereocenters. The molecule has 1 rings (SSSR count). The molecule has 0 aliphatic rings. The maximum Gasteiger partial charge on any atom is 0.325 e. The summed E-state index contributed by atoms with van der Waals surface area (Å²) in [6.45, 7) is 1.42. The molecule has 0 heterocycles. The number of hydrogen-bond donors (Lipinski definition) is 2. The van der Waals surface area contributed by atoms with Gasteiger partial charge >= 0.3 is 5.97 Å². The molecule has 20 heavy (non-hydrogen) atoms. The summed E-state index contributed by atoms with van der Waals surface area (Å²) in [5.74, 6) is -0.0212. The van der Waals surface area contributed by atoms with Crippen molar-refractivity contribution in [3.8, 4) is 11.5 Å². The summed E-state index contributed by atoms with van der Waals surface area (Å²) in [6.07, 6.45) is 0.625. The van der Waals surface area contributed by atoms with E-state index in [2.05, 4.69) is 5.32 Å². The van der Waals surface area contributed by atoms with Crippen molar-refractivity contribution in [1.29, 1.82) is 0 Å². The summed E-state index contributed by atoms with van der Waals surface area (Å²) in [5, 5.41) is 11.1. The third-order valence-electron chi connectivity index (χ3n) is 2.86. The van der Waals surface area contributed by atoms with Crippen molar-refractivity contribution in [3.63, 3.8) is 0 Å². The van der Waals surface area contributed by atoms with Crippen molar-refractivity contribution in [2.45, 2.75) is 25.8 Å². The number of carbonyl (C=O) groups excluding carboxylic acids is 1. The van der Waals surface area contributed by atoms with E-state index in [1.54, 1.807) is 32.4 Å². The van der Waals surface area contributed by atoms with Crippen molar-refractivity contribution in [2.24, 2.45) is 0 Å². The molecule has 1 aromatic carbocycles. The van der Waals surface area contributed by atoms with Gasteiger partial charge in [0.05, 0.1) is 14.2 Å². The Hall–Kier alpha value is -2.24. The number of carboxylic acids is 1. The molecule has 0 aliphatic carbocycles. The van der Waals surface area contributed by atoms with E-state index in [0.29, 0.717) is 17.9 Å². The summed E-state index contributed by atoms with van der Waals surface area (Å²) in [7, 11) is 3.12. The van der Waals surface area contributed by atoms with E-state index in [-0.39, 0.29) is 12.3 Å². The number of carboxylic acid groups (broad SMARTS) is 1. The molecule has 0 aromatic heterocycles. The Morgan fingerprint density at radius 1 is 1.30 bits per heavy atom. The fourth-order valence-electron chi connectivity index (χ4n) is 1.70. The number of aryl methyl sites for hydroxylation is 1. The maximum absolute atomic E-state index is 11.6. The van der Waals surface area contributed by atoms with E-state index >= 15 is 0 Å². The smallest absolute Gasteiger partial charge is 0.325 e. The lowest BCUT2D eigenvalue weighted by Crippen LogP contribution is -2.38. The van der Waals surface area contributed by atoms with Gasteiger partial charge in [-0.2, -0.15) is 0 Å². The minimum Gasteiger partial charge on any atom is -0.497 e. The minimum absolute atomic E-state index is 0.182. The second-order valence-corrected chi connectivity index (χ2v) is 4.31. The zero-order valence-electron chi connectivity index (χ0n) is 11.8. The van der Waals surface area contributed by atoms with Crippen LogP contribution in [0.2, 0.25) is 0 Å². The topological polar surface area (TPSA) is 84.9 Å². The van der Waals surface area contributed by atoms with Crippen LogP contribution in [0.5, 0.6) is 11.5 Å². The lowest BCUT2D eigenvalue weighted by atomic mass is 10.1. The number of amides is 1. The van der Waals surface area contributed by atoms with Crippen LogP contribution in [0.1, 0.15) is 18.9 Å². The van der Waals surface area contributed by atoms with Crippen LogP contribution in [0.25, 0.3) is 0 Å². The molecule has 6 nitrogen and oxygen atoms in total. The Kier molecular flexibility index (Phi) is 5.83. The highest BCUT2D eigenvalue weighted by Gasteiger charge is 2.14. The van der Waals surface area contributed by atoms with Crippen LogP contribution in [0.3, 0.4) is 0 Å². The molecule has 110 valence electrons. The van der Waals surface area contributed by atoms with Gasteiger partial charge in [0, 0.05) is 6.42 Å². The minimum atomic E-state index is -1.06. The lowest BCUT2D eigenvalue weighted by molar-refractivity contribution is -0.141. The van der Waals surface area contributed by atoms with Gasteiger partial charge in [-0.15, -0.1) is 0 Å². The molecule has 0 radical (unpaired) electrons. The van der Waals surface area contributed by atoms with Gasteiger partial charge < -0.3 is 19.9 Å². The van der Waals surface area contributed by atoms with Crippen LogP contribution < -0.4 is 14.8 Å². The largest absolute Gasteiger partial charge is 0.497 e. The number of carbonyl (C=O) groups is 2. The second kappa shape index (κ2) is 7.37. The molecular formula is C14H19NO5. The van der Waals surface area contributed by atoms with Gasteiger partial charge in [0.25, 0.3) is 0 Å². The highest BCUT2D eigenvalue weighted by Crippen LogP contribution is 2.25. The number of aliphatic carboxylic acids is 1. The Bertz CT molecular complexity index is 486. The average Bonchev–Trinajstić information content (AvgIpc) is 2.44. The van der Waals surface area contributed by atoms with Crippen LogP contribution in [0.15, 0.2) is 18.2 Å². The maximum atomic E-state index is 11.6. The van der Waals surface area contributed by atoms with Crippen LogP contribution >= 0.6 is 0 Å². The van der Waals surface area contributed by atoms with Gasteiger partial charge in [-0.3, -0.25) is 9.59 Å². The van der Waals surface area contributed by atoms with Crippen LogP contribution in [-0.2, 0) is 16.0 Å². The molecule has 2 N–H and O–H groups in total. The summed E-state index contributed by atoms with van der Waals surface area (Å²) < 4.78 is 10.3. The lowest BCUT2D eigenvalue weighted by Gasteiger charge is -2.12. The molecule has 0 fully saturated rings. The Morgan fingerprint density at radius 3 is 2.55 bits per heavy atom. The van der Waals surface area contributed by atoms with Crippen molar-refractivity contribution < 1.29 is 24.2 Å². The normalized spacial score (nSPS) is 11.6. The highest BCUT2D eigenvalue weighted by atomic mass is 16.5. The first-order valence-electron chi connectivity index (χ1n) is 6.21. The molecule has 0 aliphatic heterocycles. The predicted octanol–water partition coefficient (Wildman–Crippen LogP) is 1.23. The molecular weight excluding hydrogens is 262 g/mol. The van der Waals surface area contributed by atoms with E-state index in [9.17, 15) is 9.59 Å². The predicted molar refractivity (Wildman–Crippen MR) is 73.1 cm³/mol. The Morgan fingerprint density at radius 2 is 2.00 bits per heavy atom. The number of benzene rings is 1. The monoisotopic (exact) mass is 281 g/mol. The highest BCUT2D eigenvalue weighted by molar-refractivity contribution is 5.83. The summed E-state index contributed by atoms with van der Waals surface area (Å²) in [5.41, 5.74) is 0.838. The van der Waals surface area contributed by atoms with Gasteiger partial charge in [0.2, 0.25) is 5.91 Å². The molecule has 0 saturated heterocycles. The zero-order chi connectivity index (χ0) is 15.1. The van der Waals surface area contributed by atoms with Gasteiger partial charge in [-0.25, -0.2) is 0 Å². The molecule has 6 heteroatoms. The first-order valence-corrected chi connectivity index (χ1v) is 6.21. The van der Waals surface area contributed by atoms with Crippen molar-refractivity contribution in [2.75, 3.05) is 14.2 Å². The molecule has 0 bridgehead atoms. The third-order valence-corrected chi connectivity index (χ3v) is 2.86. The third kappa shape index (κ3) is 4.46. The molecule has 1 atom stereocenters. The number of rotatable bonds is 7. The zero-order valence-corrected chi connectivity index (χ0v) is 11.8. The van der Waals surface area contributed by atoms with Gasteiger partial charge in [0.15, 0.2) is 0 Å². The van der Waals surface area contributed by atoms with E-state index in [1.165, 1.54) is 6.92 Å². The fraction of sp³-hybridized carbons (Fsp3) is 0.429. The van der Waals surface area contributed by atoms with Crippen LogP contribution in [0.4, 0.5) is 0 Å². The van der Waals surface area contributed by atoms with E-state index < -0.39 is 12.0 Å². The van der Waals surface area contributed by atoms with E-state index in [0.717, 1.165) is 5.56 Å². The quantitative estimate of drug-likeness (QED) is 0.785. The van der Waals surface area contributed by atoms with Gasteiger partial charge in [0.1, 0.15) is 17.5 Å². The number of methoxy groups -OCH3 is 2. The summed E-state index contributed by atoms with van der Waals surface area (Å²) in [4.78, 5) is 22.3. The van der Waals surface area contributed by atoms with E-state index in [1.807, 2.05) is 0 Å². The van der Waals surface area contributed by atoms with Crippen LogP contribution in [-0.4, -0.2) is 37.2 Å². The Balaban J connectivity index is 2.64. The first kappa shape index (κ1) is 15.8. The number of nitrogens with one attached hydrogen (secondary N) is 1. The van der Waals surface area contributed by atoms with Gasteiger partial charge in [-0.1, -0.05) is 0 Å². The van der Waals surface area contributed by atoms with Crippen molar-refractivity contribution in [1.82, 2.24) is 5.32 Å². The molecule has 1 amide bonds. The summed E-state index contributed by atoms with van der Waals surface area (Å²) in [6, 6.07) is 4.45. The summed E-state index contributed by atoms with van der Waals surface area (Å²) >= 11 is 0. The Labute approximate surface area is 117 Å². The molecule has 0 saturated carbocycles. The second-order valence-electron chi connectivity index (χ2n) is 4.31. The molecule has 1 aromatic rings. The van der Waals surface area contributed by atoms with E-state index in [4.69, 9.17) is 14.6 Å². The SMILES string of the molecule is COc1ccc(OC)c(CCC(=O)NC(C)C(=O)O)c1. The number of hydrogen-bond acceptors (Lipinski definition) is 4. The van der Waals surface area contributed by atoms with Crippen molar-refractivity contribution in [3.05, 3.63) is 23.8 Å². The first-order chi connectivity index (χ1) is 9.47. The van der Waals surface area contributed by atoms with Crippen LogP contribution in [0, 0.1) is 0 Å². The standard InChI is InChI=1S/C14H19NO5/c1-9(14(17)18)15-13(16)7-4-10-8-11(19-2)5-6-12(10)20-3/h5-6,8-9H,4,7H2,1-3H3,(H,15,16)(H,17,18). The average molecular weight is 281 g/mol.